The summed E-state index contributed by atoms with van der Waals surface area (Å²) >= 11 is 0. The second-order valence-electron chi connectivity index (χ2n) is 5.95. The lowest BCUT2D eigenvalue weighted by atomic mass is 10.1. The molecule has 28 heavy (non-hydrogen) atoms. The van der Waals surface area contributed by atoms with Crippen molar-refractivity contribution in [1.29, 1.82) is 0 Å². The molecule has 6 nitrogen and oxygen atoms in total. The van der Waals surface area contributed by atoms with Crippen molar-refractivity contribution in [2.24, 2.45) is 0 Å². The van der Waals surface area contributed by atoms with Gasteiger partial charge in [0, 0.05) is 37.8 Å². The molecule has 3 aromatic rings. The van der Waals surface area contributed by atoms with E-state index in [2.05, 4.69) is 27.1 Å². The van der Waals surface area contributed by atoms with E-state index in [1.807, 2.05) is 12.1 Å². The molecule has 0 aliphatic heterocycles. The zero-order valence-corrected chi connectivity index (χ0v) is 14.9. The van der Waals surface area contributed by atoms with Gasteiger partial charge in [-0.1, -0.05) is 30.0 Å². The Morgan fingerprint density at radius 1 is 0.964 bits per heavy atom. The predicted octanol–water partition coefficient (Wildman–Crippen LogP) is 2.70. The maximum atomic E-state index is 12.5. The normalized spacial score (nSPS) is 9.86. The van der Waals surface area contributed by atoms with Crippen LogP contribution >= 0.6 is 0 Å². The van der Waals surface area contributed by atoms with Crippen LogP contribution in [0.25, 0.3) is 0 Å². The number of carboxylic acid groups (broad SMARTS) is 1. The van der Waals surface area contributed by atoms with Crippen molar-refractivity contribution < 1.29 is 14.7 Å². The summed E-state index contributed by atoms with van der Waals surface area (Å²) in [5, 5.41) is 11.7. The number of hydrogen-bond acceptors (Lipinski definition) is 4. The molecule has 0 atom stereocenters. The fourth-order valence-electron chi connectivity index (χ4n) is 2.48. The van der Waals surface area contributed by atoms with Gasteiger partial charge in [-0.25, -0.2) is 4.79 Å². The zero-order valence-electron chi connectivity index (χ0n) is 14.9. The molecule has 0 radical (unpaired) electrons. The smallest absolute Gasteiger partial charge is 0.335 e. The van der Waals surface area contributed by atoms with Gasteiger partial charge in [-0.3, -0.25) is 14.8 Å². The van der Waals surface area contributed by atoms with Gasteiger partial charge < -0.3 is 10.4 Å². The summed E-state index contributed by atoms with van der Waals surface area (Å²) in [4.78, 5) is 31.5. The molecule has 0 fully saturated rings. The standard InChI is InChI=1S/C22H17N3O3/c26-21(25-14-17-6-8-18(9-7-17)22(27)28)20-10-12-24-15-19(20)5-1-3-16-4-2-11-23-13-16/h2,4,6-13,15H,3,14H2,(H,25,26)(H,27,28). The first-order valence-corrected chi connectivity index (χ1v) is 8.55. The Labute approximate surface area is 162 Å². The highest BCUT2D eigenvalue weighted by atomic mass is 16.4. The number of hydrogen-bond donors (Lipinski definition) is 2. The molecule has 3 rings (SSSR count). The van der Waals surface area contributed by atoms with E-state index in [9.17, 15) is 9.59 Å². The molecular weight excluding hydrogens is 354 g/mol. The number of pyridine rings is 2. The maximum absolute atomic E-state index is 12.5. The number of aromatic carboxylic acids is 1. The Hall–Kier alpha value is -3.98. The van der Waals surface area contributed by atoms with E-state index in [1.165, 1.54) is 12.1 Å². The number of carboxylic acids is 1. The summed E-state index contributed by atoms with van der Waals surface area (Å²) in [6.45, 7) is 0.281. The van der Waals surface area contributed by atoms with Crippen molar-refractivity contribution in [1.82, 2.24) is 15.3 Å². The topological polar surface area (TPSA) is 92.2 Å². The highest BCUT2D eigenvalue weighted by Gasteiger charge is 2.10. The van der Waals surface area contributed by atoms with Crippen LogP contribution in [-0.2, 0) is 13.0 Å². The minimum absolute atomic E-state index is 0.204. The predicted molar refractivity (Wildman–Crippen MR) is 104 cm³/mol. The summed E-state index contributed by atoms with van der Waals surface area (Å²) < 4.78 is 0. The second kappa shape index (κ2) is 9.10. The second-order valence-corrected chi connectivity index (χ2v) is 5.95. The number of amides is 1. The van der Waals surface area contributed by atoms with E-state index in [0.29, 0.717) is 17.5 Å². The number of carbonyl (C=O) groups is 2. The summed E-state index contributed by atoms with van der Waals surface area (Å²) in [5.74, 6) is 4.78. The Morgan fingerprint density at radius 3 is 2.46 bits per heavy atom. The first kappa shape index (κ1) is 18.8. The van der Waals surface area contributed by atoms with Crippen molar-refractivity contribution in [3.8, 4) is 11.8 Å². The largest absolute Gasteiger partial charge is 0.478 e. The highest BCUT2D eigenvalue weighted by Crippen LogP contribution is 2.08. The summed E-state index contributed by atoms with van der Waals surface area (Å²) in [7, 11) is 0. The van der Waals surface area contributed by atoms with Crippen LogP contribution in [0.15, 0.2) is 67.3 Å². The van der Waals surface area contributed by atoms with E-state index in [1.54, 1.807) is 43.0 Å². The van der Waals surface area contributed by atoms with Crippen LogP contribution in [0.3, 0.4) is 0 Å². The van der Waals surface area contributed by atoms with Crippen LogP contribution in [-0.4, -0.2) is 27.0 Å². The minimum Gasteiger partial charge on any atom is -0.478 e. The van der Waals surface area contributed by atoms with Crippen LogP contribution in [0.1, 0.15) is 37.4 Å². The van der Waals surface area contributed by atoms with Crippen LogP contribution in [0.5, 0.6) is 0 Å². The third kappa shape index (κ3) is 5.02. The fraction of sp³-hybridized carbons (Fsp3) is 0.0909. The molecule has 0 aliphatic carbocycles. The Balaban J connectivity index is 1.66. The molecule has 138 valence electrons. The number of aromatic nitrogens is 2. The number of benzene rings is 1. The van der Waals surface area contributed by atoms with E-state index >= 15 is 0 Å². The van der Waals surface area contributed by atoms with Crippen molar-refractivity contribution >= 4 is 11.9 Å². The number of nitrogens with one attached hydrogen (secondary N) is 1. The first-order valence-electron chi connectivity index (χ1n) is 8.55. The van der Waals surface area contributed by atoms with Gasteiger partial charge in [0.05, 0.1) is 16.7 Å². The van der Waals surface area contributed by atoms with Crippen molar-refractivity contribution in [2.45, 2.75) is 13.0 Å². The van der Waals surface area contributed by atoms with Gasteiger partial charge in [-0.2, -0.15) is 0 Å². The summed E-state index contributed by atoms with van der Waals surface area (Å²) in [5.41, 5.74) is 2.99. The molecule has 6 heteroatoms. The molecule has 1 amide bonds. The highest BCUT2D eigenvalue weighted by molar-refractivity contribution is 5.96. The molecular formula is C22H17N3O3. The third-order valence-electron chi connectivity index (χ3n) is 3.96. The number of carbonyl (C=O) groups excluding carboxylic acids is 1. The monoisotopic (exact) mass is 371 g/mol. The first-order chi connectivity index (χ1) is 13.6. The van der Waals surface area contributed by atoms with E-state index < -0.39 is 5.97 Å². The van der Waals surface area contributed by atoms with Crippen molar-refractivity contribution in [2.75, 3.05) is 0 Å². The molecule has 0 unspecified atom stereocenters. The lowest BCUT2D eigenvalue weighted by Gasteiger charge is -2.07. The van der Waals surface area contributed by atoms with Gasteiger partial charge in [0.25, 0.3) is 5.91 Å². The van der Waals surface area contributed by atoms with Gasteiger partial charge in [-0.15, -0.1) is 0 Å². The lowest BCUT2D eigenvalue weighted by Crippen LogP contribution is -2.23. The Kier molecular flexibility index (Phi) is 6.11. The molecule has 0 spiro atoms. The third-order valence-corrected chi connectivity index (χ3v) is 3.96. The van der Waals surface area contributed by atoms with Crippen LogP contribution < -0.4 is 5.32 Å². The number of rotatable bonds is 5. The summed E-state index contributed by atoms with van der Waals surface area (Å²) in [6, 6.07) is 11.8. The van der Waals surface area contributed by atoms with Crippen molar-refractivity contribution in [3.05, 3.63) is 95.1 Å². The molecule has 1 aromatic carbocycles. The Bertz CT molecular complexity index is 1040. The van der Waals surface area contributed by atoms with Crippen LogP contribution in [0, 0.1) is 11.8 Å². The maximum Gasteiger partial charge on any atom is 0.335 e. The average Bonchev–Trinajstić information content (AvgIpc) is 2.73. The Morgan fingerprint density at radius 2 is 1.75 bits per heavy atom. The molecule has 0 saturated carbocycles. The van der Waals surface area contributed by atoms with Gasteiger partial charge in [0.15, 0.2) is 0 Å². The van der Waals surface area contributed by atoms with E-state index in [4.69, 9.17) is 5.11 Å². The molecule has 2 N–H and O–H groups in total. The molecule has 0 saturated heterocycles. The van der Waals surface area contributed by atoms with Gasteiger partial charge >= 0.3 is 5.97 Å². The zero-order chi connectivity index (χ0) is 19.8. The van der Waals surface area contributed by atoms with Crippen LogP contribution in [0.2, 0.25) is 0 Å². The lowest BCUT2D eigenvalue weighted by molar-refractivity contribution is 0.0696. The molecule has 0 aliphatic rings. The van der Waals surface area contributed by atoms with Gasteiger partial charge in [0.2, 0.25) is 0 Å². The minimum atomic E-state index is -0.984. The van der Waals surface area contributed by atoms with Crippen LogP contribution in [0.4, 0.5) is 0 Å². The molecule has 2 aromatic heterocycles. The number of nitrogens with zero attached hydrogens (tertiary/aromatic N) is 2. The average molecular weight is 371 g/mol. The van der Waals surface area contributed by atoms with Gasteiger partial charge in [-0.05, 0) is 35.4 Å². The molecule has 0 bridgehead atoms. The van der Waals surface area contributed by atoms with Gasteiger partial charge in [0.1, 0.15) is 0 Å². The van der Waals surface area contributed by atoms with Crippen molar-refractivity contribution in [3.63, 3.8) is 0 Å². The summed E-state index contributed by atoms with van der Waals surface area (Å²) in [6.07, 6.45) is 7.09. The van der Waals surface area contributed by atoms with E-state index in [0.717, 1.165) is 11.1 Å². The SMILES string of the molecule is O=C(O)c1ccc(CNC(=O)c2ccncc2C#CCc2cccnc2)cc1. The quantitative estimate of drug-likeness (QED) is 0.673. The molecule has 2 heterocycles. The fourth-order valence-corrected chi connectivity index (χ4v) is 2.48. The van der Waals surface area contributed by atoms with E-state index in [-0.39, 0.29) is 18.0 Å².